The highest BCUT2D eigenvalue weighted by Gasteiger charge is 2.21. The van der Waals surface area contributed by atoms with Crippen LogP contribution in [0.5, 0.6) is 0 Å². The molecule has 0 saturated carbocycles. The van der Waals surface area contributed by atoms with Gasteiger partial charge in [-0.25, -0.2) is 0 Å². The molecule has 2 saturated heterocycles. The fraction of sp³-hybridized carbons (Fsp3) is 0.900. The van der Waals surface area contributed by atoms with Gasteiger partial charge in [0.15, 0.2) is 0 Å². The molecule has 0 aromatic heterocycles. The van der Waals surface area contributed by atoms with Crippen molar-refractivity contribution >= 4 is 5.91 Å². The minimum atomic E-state index is 0.155. The summed E-state index contributed by atoms with van der Waals surface area (Å²) in [5, 5.41) is 3.28. The molecule has 1 amide bonds. The summed E-state index contributed by atoms with van der Waals surface area (Å²) in [6, 6.07) is 0. The van der Waals surface area contributed by atoms with Gasteiger partial charge in [-0.2, -0.15) is 0 Å². The molecule has 0 spiro atoms. The highest BCUT2D eigenvalue weighted by atomic mass is 16.5. The molecule has 0 aromatic carbocycles. The molecule has 14 heavy (non-hydrogen) atoms. The van der Waals surface area contributed by atoms with Gasteiger partial charge in [0.2, 0.25) is 5.91 Å². The molecule has 2 fully saturated rings. The molecular weight excluding hydrogens is 180 g/mol. The second kappa shape index (κ2) is 4.75. The molecule has 0 bridgehead atoms. The van der Waals surface area contributed by atoms with Crippen molar-refractivity contribution < 1.29 is 9.53 Å². The van der Waals surface area contributed by atoms with E-state index in [1.165, 1.54) is 6.42 Å². The Hall–Kier alpha value is -0.610. The van der Waals surface area contributed by atoms with Crippen LogP contribution in [0.1, 0.15) is 12.8 Å². The Balaban J connectivity index is 1.55. The van der Waals surface area contributed by atoms with Crippen LogP contribution < -0.4 is 5.32 Å². The Morgan fingerprint density at radius 1 is 1.50 bits per heavy atom. The van der Waals surface area contributed by atoms with Crippen LogP contribution >= 0.6 is 0 Å². The highest BCUT2D eigenvalue weighted by molar-refractivity contribution is 5.78. The van der Waals surface area contributed by atoms with E-state index >= 15 is 0 Å². The van der Waals surface area contributed by atoms with Crippen LogP contribution in [0, 0.1) is 5.92 Å². The van der Waals surface area contributed by atoms with Crippen LogP contribution in [0.2, 0.25) is 0 Å². The van der Waals surface area contributed by atoms with Crippen LogP contribution in [0.3, 0.4) is 0 Å². The van der Waals surface area contributed by atoms with Crippen molar-refractivity contribution in [3.63, 3.8) is 0 Å². The molecule has 2 aliphatic heterocycles. The molecule has 2 heterocycles. The Morgan fingerprint density at radius 3 is 2.93 bits per heavy atom. The van der Waals surface area contributed by atoms with Gasteiger partial charge in [-0.3, -0.25) is 4.79 Å². The Bertz CT molecular complexity index is 198. The van der Waals surface area contributed by atoms with Gasteiger partial charge >= 0.3 is 0 Å². The molecule has 1 atom stereocenters. The van der Waals surface area contributed by atoms with Crippen molar-refractivity contribution in [2.75, 3.05) is 39.4 Å². The van der Waals surface area contributed by atoms with Crippen molar-refractivity contribution in [3.05, 3.63) is 0 Å². The van der Waals surface area contributed by atoms with E-state index in [4.69, 9.17) is 4.74 Å². The molecule has 80 valence electrons. The number of ether oxygens (including phenoxy) is 1. The summed E-state index contributed by atoms with van der Waals surface area (Å²) in [5.74, 6) is 0.765. The fourth-order valence-corrected chi connectivity index (χ4v) is 1.83. The van der Waals surface area contributed by atoms with E-state index in [0.717, 1.165) is 39.2 Å². The minimum absolute atomic E-state index is 0.155. The first-order valence-corrected chi connectivity index (χ1v) is 5.42. The largest absolute Gasteiger partial charge is 0.371 e. The summed E-state index contributed by atoms with van der Waals surface area (Å²) in [6.07, 6.45) is 2.33. The van der Waals surface area contributed by atoms with E-state index in [1.54, 1.807) is 0 Å². The standard InChI is InChI=1S/C10H18N2O2/c13-10(12-4-1-5-12)8-14-7-9-2-3-11-6-9/h9,11H,1-8H2. The normalized spacial score (nSPS) is 26.3. The summed E-state index contributed by atoms with van der Waals surface area (Å²) < 4.78 is 5.40. The molecular formula is C10H18N2O2. The van der Waals surface area contributed by atoms with E-state index in [0.29, 0.717) is 5.92 Å². The lowest BCUT2D eigenvalue weighted by Crippen LogP contribution is -2.44. The zero-order valence-electron chi connectivity index (χ0n) is 8.50. The first kappa shape index (κ1) is 9.93. The minimum Gasteiger partial charge on any atom is -0.371 e. The molecule has 1 unspecified atom stereocenters. The first-order valence-electron chi connectivity index (χ1n) is 5.42. The number of hydrogen-bond acceptors (Lipinski definition) is 3. The van der Waals surface area contributed by atoms with Crippen molar-refractivity contribution in [2.45, 2.75) is 12.8 Å². The van der Waals surface area contributed by atoms with E-state index in [1.807, 2.05) is 4.90 Å². The van der Waals surface area contributed by atoms with Gasteiger partial charge in [0.05, 0.1) is 6.61 Å². The van der Waals surface area contributed by atoms with Crippen LogP contribution in [0.4, 0.5) is 0 Å². The maximum absolute atomic E-state index is 11.4. The molecule has 0 aromatic rings. The predicted octanol–water partition coefficient (Wildman–Crippen LogP) is -0.155. The molecule has 4 heteroatoms. The quantitative estimate of drug-likeness (QED) is 0.683. The van der Waals surface area contributed by atoms with Crippen LogP contribution in [0.15, 0.2) is 0 Å². The second-order valence-corrected chi connectivity index (χ2v) is 4.11. The van der Waals surface area contributed by atoms with Crippen molar-refractivity contribution in [3.8, 4) is 0 Å². The zero-order valence-corrected chi connectivity index (χ0v) is 8.50. The van der Waals surface area contributed by atoms with Crippen LogP contribution in [-0.4, -0.2) is 50.2 Å². The summed E-state index contributed by atoms with van der Waals surface area (Å²) in [6.45, 7) is 4.98. The number of nitrogens with zero attached hydrogens (tertiary/aromatic N) is 1. The average molecular weight is 198 g/mol. The summed E-state index contributed by atoms with van der Waals surface area (Å²) in [4.78, 5) is 13.2. The van der Waals surface area contributed by atoms with Crippen molar-refractivity contribution in [1.29, 1.82) is 0 Å². The topological polar surface area (TPSA) is 41.6 Å². The molecule has 0 radical (unpaired) electrons. The maximum Gasteiger partial charge on any atom is 0.248 e. The van der Waals surface area contributed by atoms with Crippen LogP contribution in [0.25, 0.3) is 0 Å². The molecule has 2 aliphatic rings. The number of hydrogen-bond donors (Lipinski definition) is 1. The van der Waals surface area contributed by atoms with Crippen LogP contribution in [-0.2, 0) is 9.53 Å². The van der Waals surface area contributed by atoms with E-state index in [9.17, 15) is 4.79 Å². The molecule has 2 rings (SSSR count). The monoisotopic (exact) mass is 198 g/mol. The Labute approximate surface area is 84.6 Å². The summed E-state index contributed by atoms with van der Waals surface area (Å²) in [5.41, 5.74) is 0. The fourth-order valence-electron chi connectivity index (χ4n) is 1.83. The average Bonchev–Trinajstić information content (AvgIpc) is 2.53. The number of rotatable bonds is 4. The Morgan fingerprint density at radius 2 is 2.36 bits per heavy atom. The van der Waals surface area contributed by atoms with Gasteiger partial charge in [0.1, 0.15) is 6.61 Å². The van der Waals surface area contributed by atoms with E-state index in [2.05, 4.69) is 5.32 Å². The molecule has 1 N–H and O–H groups in total. The highest BCUT2D eigenvalue weighted by Crippen LogP contribution is 2.09. The first-order chi connectivity index (χ1) is 6.86. The lowest BCUT2D eigenvalue weighted by atomic mass is 10.1. The molecule has 0 aliphatic carbocycles. The van der Waals surface area contributed by atoms with Crippen molar-refractivity contribution in [1.82, 2.24) is 10.2 Å². The number of carbonyl (C=O) groups is 1. The third-order valence-corrected chi connectivity index (χ3v) is 2.95. The van der Waals surface area contributed by atoms with Gasteiger partial charge in [0, 0.05) is 19.6 Å². The maximum atomic E-state index is 11.4. The lowest BCUT2D eigenvalue weighted by molar-refractivity contribution is -0.140. The van der Waals surface area contributed by atoms with Gasteiger partial charge in [-0.1, -0.05) is 0 Å². The smallest absolute Gasteiger partial charge is 0.248 e. The van der Waals surface area contributed by atoms with Gasteiger partial charge in [-0.05, 0) is 25.3 Å². The van der Waals surface area contributed by atoms with Gasteiger partial charge in [-0.15, -0.1) is 0 Å². The van der Waals surface area contributed by atoms with E-state index < -0.39 is 0 Å². The predicted molar refractivity (Wildman–Crippen MR) is 53.0 cm³/mol. The number of amides is 1. The third kappa shape index (κ3) is 2.45. The summed E-state index contributed by atoms with van der Waals surface area (Å²) in [7, 11) is 0. The molecule has 4 nitrogen and oxygen atoms in total. The third-order valence-electron chi connectivity index (χ3n) is 2.95. The van der Waals surface area contributed by atoms with E-state index in [-0.39, 0.29) is 12.5 Å². The van der Waals surface area contributed by atoms with Gasteiger partial charge in [0.25, 0.3) is 0 Å². The number of carbonyl (C=O) groups excluding carboxylic acids is 1. The zero-order chi connectivity index (χ0) is 9.80. The van der Waals surface area contributed by atoms with Gasteiger partial charge < -0.3 is 15.0 Å². The van der Waals surface area contributed by atoms with Crippen molar-refractivity contribution in [2.24, 2.45) is 5.92 Å². The number of likely N-dealkylation sites (tertiary alicyclic amines) is 1. The Kier molecular flexibility index (Phi) is 3.37. The second-order valence-electron chi connectivity index (χ2n) is 4.11. The SMILES string of the molecule is O=C(COCC1CCNC1)N1CCC1. The summed E-state index contributed by atoms with van der Waals surface area (Å²) >= 11 is 0. The lowest BCUT2D eigenvalue weighted by Gasteiger charge is -2.30. The number of nitrogens with one attached hydrogen (secondary N) is 1.